The molecule has 0 N–H and O–H groups in total. The minimum atomic E-state index is -0.697. The molecule has 119 valence electrons. The first-order chi connectivity index (χ1) is 10.2. The molecule has 0 aliphatic heterocycles. The summed E-state index contributed by atoms with van der Waals surface area (Å²) in [6, 6.07) is 24.5. The van der Waals surface area contributed by atoms with E-state index in [4.69, 9.17) is 0 Å². The minimum Gasteiger partial charge on any atom is -1.00 e. The second-order valence-electron chi connectivity index (χ2n) is 5.77. The van der Waals surface area contributed by atoms with Gasteiger partial charge in [-0.2, -0.15) is 17.5 Å². The molecule has 0 aliphatic rings. The van der Waals surface area contributed by atoms with E-state index in [-0.39, 0.29) is 59.8 Å². The van der Waals surface area contributed by atoms with Gasteiger partial charge in [0.1, 0.15) is 0 Å². The molecule has 4 heteroatoms. The van der Waals surface area contributed by atoms with E-state index in [0.717, 1.165) is 0 Å². The third-order valence-corrected chi connectivity index (χ3v) is 7.01. The number of benzene rings is 2. The predicted octanol–water partition coefficient (Wildman–Crippen LogP) is -2.02. The van der Waals surface area contributed by atoms with Crippen LogP contribution < -0.4 is 44.3 Å². The molecule has 24 heavy (non-hydrogen) atoms. The Hall–Kier alpha value is -0.293. The standard InChI is InChI=1S/C20H17Si.2BrH.Hf/c1-14-19-10-6-5-9-17(19)13-20(14)21(2)18-11-15-7-3-4-8-16(15)12-18;;;/h3-13H,1-2H3;2*1H;/q-2;;;+4/p-2. The van der Waals surface area contributed by atoms with Gasteiger partial charge in [0.2, 0.25) is 0 Å². The summed E-state index contributed by atoms with van der Waals surface area (Å²) >= 11 is 0. The normalized spacial score (nSPS) is 10.3. The van der Waals surface area contributed by atoms with Crippen molar-refractivity contribution in [1.29, 1.82) is 0 Å². The van der Waals surface area contributed by atoms with Crippen molar-refractivity contribution in [3.05, 3.63) is 72.3 Å². The molecular formula is C20H17Br2HfSi. The zero-order chi connectivity index (χ0) is 14.4. The van der Waals surface area contributed by atoms with E-state index in [9.17, 15) is 0 Å². The average molecular weight is 624 g/mol. The third kappa shape index (κ3) is 3.77. The molecule has 0 fully saturated rings. The van der Waals surface area contributed by atoms with Crippen molar-refractivity contribution in [3.8, 4) is 0 Å². The van der Waals surface area contributed by atoms with Crippen LogP contribution in [0.3, 0.4) is 0 Å². The van der Waals surface area contributed by atoms with Crippen LogP contribution in [0.25, 0.3) is 21.5 Å². The summed E-state index contributed by atoms with van der Waals surface area (Å²) < 4.78 is 0. The maximum atomic E-state index is 2.42. The molecule has 0 saturated carbocycles. The van der Waals surface area contributed by atoms with Crippen molar-refractivity contribution in [1.82, 2.24) is 0 Å². The van der Waals surface area contributed by atoms with Gasteiger partial charge in [-0.1, -0.05) is 25.6 Å². The van der Waals surface area contributed by atoms with Crippen LogP contribution in [0.5, 0.6) is 0 Å². The maximum absolute atomic E-state index is 2.42. The topological polar surface area (TPSA) is 0 Å². The number of halogens is 2. The van der Waals surface area contributed by atoms with Gasteiger partial charge in [0.25, 0.3) is 0 Å². The maximum Gasteiger partial charge on any atom is 4.00 e. The van der Waals surface area contributed by atoms with Crippen LogP contribution in [0.1, 0.15) is 5.56 Å². The van der Waals surface area contributed by atoms with Crippen LogP contribution in [0.4, 0.5) is 0 Å². The van der Waals surface area contributed by atoms with Gasteiger partial charge < -0.3 is 34.0 Å². The van der Waals surface area contributed by atoms with E-state index in [1.54, 1.807) is 5.19 Å². The molecule has 4 rings (SSSR count). The van der Waals surface area contributed by atoms with Crippen molar-refractivity contribution in [3.63, 3.8) is 0 Å². The van der Waals surface area contributed by atoms with Gasteiger partial charge in [-0.05, 0) is 0 Å². The van der Waals surface area contributed by atoms with Crippen LogP contribution in [-0.2, 0) is 25.8 Å². The van der Waals surface area contributed by atoms with Gasteiger partial charge in [0, 0.05) is 0 Å². The Morgan fingerprint density at radius 1 is 0.875 bits per heavy atom. The fourth-order valence-corrected chi connectivity index (χ4v) is 5.41. The quantitative estimate of drug-likeness (QED) is 0.179. The third-order valence-electron chi connectivity index (χ3n) is 4.52. The van der Waals surface area contributed by atoms with E-state index in [2.05, 4.69) is 80.2 Å². The summed E-state index contributed by atoms with van der Waals surface area (Å²) in [6.07, 6.45) is 0. The molecule has 0 nitrogen and oxygen atoms in total. The minimum absolute atomic E-state index is 0. The fraction of sp³-hybridized carbons (Fsp3) is 0.100. The van der Waals surface area contributed by atoms with Crippen molar-refractivity contribution in [2.75, 3.05) is 0 Å². The Morgan fingerprint density at radius 3 is 2.17 bits per heavy atom. The Kier molecular flexibility index (Phi) is 8.05. The largest absolute Gasteiger partial charge is 4.00 e. The molecule has 0 bridgehead atoms. The van der Waals surface area contributed by atoms with Gasteiger partial charge >= 0.3 is 25.8 Å². The first-order valence-corrected chi connectivity index (χ1v) is 9.39. The first-order valence-electron chi connectivity index (χ1n) is 7.39. The van der Waals surface area contributed by atoms with E-state index in [0.29, 0.717) is 0 Å². The van der Waals surface area contributed by atoms with Crippen molar-refractivity contribution >= 4 is 40.7 Å². The molecule has 0 amide bonds. The summed E-state index contributed by atoms with van der Waals surface area (Å²) in [5, 5.41) is 8.59. The summed E-state index contributed by atoms with van der Waals surface area (Å²) in [5.41, 5.74) is 1.47. The summed E-state index contributed by atoms with van der Waals surface area (Å²) in [5.74, 6) is 0. The second-order valence-corrected chi connectivity index (χ2v) is 8.13. The molecule has 4 aromatic rings. The van der Waals surface area contributed by atoms with Crippen LogP contribution in [0, 0.1) is 6.92 Å². The molecule has 4 aromatic carbocycles. The van der Waals surface area contributed by atoms with Gasteiger partial charge in [-0.25, -0.2) is 0 Å². The van der Waals surface area contributed by atoms with E-state index < -0.39 is 8.80 Å². The molecule has 0 atom stereocenters. The van der Waals surface area contributed by atoms with Crippen LogP contribution >= 0.6 is 0 Å². The molecule has 0 unspecified atom stereocenters. The molecule has 0 aromatic heterocycles. The smallest absolute Gasteiger partial charge is 1.00 e. The molecule has 0 saturated heterocycles. The monoisotopic (exact) mass is 623 g/mol. The van der Waals surface area contributed by atoms with Crippen LogP contribution in [0.15, 0.2) is 66.7 Å². The SMILES string of the molecule is C[c-]1c([Si](C)c2cc3ccccc3[cH-]2)cc2ccccc21.[Br-].[Br-].[Hf+4]. The molecule has 0 aliphatic carbocycles. The Labute approximate surface area is 184 Å². The Morgan fingerprint density at radius 2 is 1.50 bits per heavy atom. The fourth-order valence-electron chi connectivity index (χ4n) is 3.29. The van der Waals surface area contributed by atoms with E-state index >= 15 is 0 Å². The van der Waals surface area contributed by atoms with Gasteiger partial charge in [0.05, 0.1) is 8.80 Å². The van der Waals surface area contributed by atoms with Crippen molar-refractivity contribution in [2.24, 2.45) is 0 Å². The van der Waals surface area contributed by atoms with Gasteiger partial charge in [-0.15, -0.1) is 74.6 Å². The van der Waals surface area contributed by atoms with Crippen LogP contribution in [0.2, 0.25) is 6.55 Å². The Bertz CT molecular complexity index is 906. The summed E-state index contributed by atoms with van der Waals surface area (Å²) in [4.78, 5) is 0. The second kappa shape index (κ2) is 8.88. The number of fused-ring (bicyclic) bond motifs is 2. The zero-order valence-electron chi connectivity index (χ0n) is 13.6. The predicted molar refractivity (Wildman–Crippen MR) is 94.7 cm³/mol. The molecular weight excluding hydrogens is 607 g/mol. The summed E-state index contributed by atoms with van der Waals surface area (Å²) in [7, 11) is -0.697. The van der Waals surface area contributed by atoms with Gasteiger partial charge in [-0.3, -0.25) is 0 Å². The number of rotatable bonds is 2. The number of aryl methyl sites for hydroxylation is 1. The molecule has 0 heterocycles. The van der Waals surface area contributed by atoms with Gasteiger partial charge in [0.15, 0.2) is 0 Å². The summed E-state index contributed by atoms with van der Waals surface area (Å²) in [6.45, 7) is 4.69. The number of hydrogen-bond donors (Lipinski definition) is 0. The molecule has 0 spiro atoms. The average Bonchev–Trinajstić information content (AvgIpc) is 3.08. The number of hydrogen-bond acceptors (Lipinski definition) is 0. The first kappa shape index (κ1) is 21.7. The molecule has 1 radical (unpaired) electrons. The van der Waals surface area contributed by atoms with Crippen molar-refractivity contribution in [2.45, 2.75) is 13.5 Å². The van der Waals surface area contributed by atoms with Crippen molar-refractivity contribution < 1.29 is 59.8 Å². The Balaban J connectivity index is 0.000000960. The zero-order valence-corrected chi connectivity index (χ0v) is 21.4. The van der Waals surface area contributed by atoms with E-state index in [1.807, 2.05) is 0 Å². The van der Waals surface area contributed by atoms with Crippen LogP contribution in [-0.4, -0.2) is 8.80 Å². The van der Waals surface area contributed by atoms with E-state index in [1.165, 1.54) is 32.3 Å².